The van der Waals surface area contributed by atoms with Crippen LogP contribution in [0.25, 0.3) is 0 Å². The van der Waals surface area contributed by atoms with Crippen molar-refractivity contribution in [1.29, 1.82) is 0 Å². The van der Waals surface area contributed by atoms with Gasteiger partial charge in [-0.15, -0.1) is 0 Å². The molecule has 0 aromatic heterocycles. The third kappa shape index (κ3) is 4.82. The smallest absolute Gasteiger partial charge is 0.243 e. The lowest BCUT2D eigenvalue weighted by Crippen LogP contribution is -2.48. The van der Waals surface area contributed by atoms with Gasteiger partial charge in [0, 0.05) is 31.9 Å². The third-order valence-corrected chi connectivity index (χ3v) is 6.75. The number of sulfonamides is 1. The largest absolute Gasteiger partial charge is 0.494 e. The van der Waals surface area contributed by atoms with Crippen LogP contribution in [0.5, 0.6) is 5.75 Å². The molecule has 0 amide bonds. The minimum absolute atomic E-state index is 0.328. The molecule has 1 saturated heterocycles. The van der Waals surface area contributed by atoms with E-state index >= 15 is 0 Å². The minimum atomic E-state index is -3.47. The predicted molar refractivity (Wildman–Crippen MR) is 109 cm³/mol. The van der Waals surface area contributed by atoms with E-state index in [2.05, 4.69) is 36.9 Å². The standard InChI is InChI=1S/C21H28N2O3S/c1-3-4-16-26-20-8-10-21(11-9-20)27(24,25)23-14-12-22(13-15-23)19-7-5-6-18(2)17-19/h5-11,17H,3-4,12-16H2,1-2H3. The molecule has 1 aliphatic rings. The molecule has 0 bridgehead atoms. The van der Waals surface area contributed by atoms with Crippen LogP contribution in [0, 0.1) is 6.92 Å². The van der Waals surface area contributed by atoms with Gasteiger partial charge < -0.3 is 9.64 Å². The van der Waals surface area contributed by atoms with Crippen molar-refractivity contribution in [2.24, 2.45) is 0 Å². The summed E-state index contributed by atoms with van der Waals surface area (Å²) in [5, 5.41) is 0. The molecule has 0 atom stereocenters. The molecule has 0 aliphatic carbocycles. The quantitative estimate of drug-likeness (QED) is 0.679. The van der Waals surface area contributed by atoms with Crippen LogP contribution in [-0.2, 0) is 10.0 Å². The van der Waals surface area contributed by atoms with Gasteiger partial charge in [0.25, 0.3) is 0 Å². The van der Waals surface area contributed by atoms with Gasteiger partial charge in [-0.1, -0.05) is 25.5 Å². The molecular weight excluding hydrogens is 360 g/mol. The molecule has 3 rings (SSSR count). The highest BCUT2D eigenvalue weighted by molar-refractivity contribution is 7.89. The van der Waals surface area contributed by atoms with Crippen molar-refractivity contribution in [3.8, 4) is 5.75 Å². The van der Waals surface area contributed by atoms with E-state index in [1.807, 2.05) is 6.07 Å². The first-order valence-corrected chi connectivity index (χ1v) is 11.0. The summed E-state index contributed by atoms with van der Waals surface area (Å²) in [4.78, 5) is 2.57. The summed E-state index contributed by atoms with van der Waals surface area (Å²) in [5.41, 5.74) is 2.37. The Hall–Kier alpha value is -2.05. The van der Waals surface area contributed by atoms with Gasteiger partial charge in [-0.05, 0) is 55.3 Å². The summed E-state index contributed by atoms with van der Waals surface area (Å²) in [5.74, 6) is 0.715. The molecule has 1 fully saturated rings. The highest BCUT2D eigenvalue weighted by Gasteiger charge is 2.28. The van der Waals surface area contributed by atoms with Gasteiger partial charge in [0.15, 0.2) is 0 Å². The topological polar surface area (TPSA) is 49.9 Å². The number of rotatable bonds is 7. The molecule has 1 heterocycles. The van der Waals surface area contributed by atoms with E-state index < -0.39 is 10.0 Å². The molecule has 1 aliphatic heterocycles. The summed E-state index contributed by atoms with van der Waals surface area (Å²) in [6.07, 6.45) is 2.06. The molecule has 0 spiro atoms. The number of nitrogens with zero attached hydrogens (tertiary/aromatic N) is 2. The molecule has 0 unspecified atom stereocenters. The minimum Gasteiger partial charge on any atom is -0.494 e. The molecule has 0 N–H and O–H groups in total. The first-order chi connectivity index (χ1) is 13.0. The van der Waals surface area contributed by atoms with Crippen LogP contribution in [0.15, 0.2) is 53.4 Å². The van der Waals surface area contributed by atoms with Gasteiger partial charge in [-0.2, -0.15) is 4.31 Å². The van der Waals surface area contributed by atoms with Gasteiger partial charge in [-0.25, -0.2) is 8.42 Å². The van der Waals surface area contributed by atoms with Gasteiger partial charge in [0.05, 0.1) is 11.5 Å². The molecule has 2 aromatic rings. The second-order valence-electron chi connectivity index (χ2n) is 6.90. The summed E-state index contributed by atoms with van der Waals surface area (Å²) in [7, 11) is -3.47. The number of hydrogen-bond donors (Lipinski definition) is 0. The van der Waals surface area contributed by atoms with E-state index in [1.165, 1.54) is 5.56 Å². The third-order valence-electron chi connectivity index (χ3n) is 4.83. The van der Waals surface area contributed by atoms with Crippen LogP contribution in [0.2, 0.25) is 0 Å². The zero-order valence-corrected chi connectivity index (χ0v) is 16.9. The van der Waals surface area contributed by atoms with Crippen LogP contribution in [0.4, 0.5) is 5.69 Å². The maximum Gasteiger partial charge on any atom is 0.243 e. The van der Waals surface area contributed by atoms with E-state index in [9.17, 15) is 8.42 Å². The maximum absolute atomic E-state index is 12.9. The Kier molecular flexibility index (Phi) is 6.39. The average molecular weight is 389 g/mol. The number of ether oxygens (including phenoxy) is 1. The molecule has 6 heteroatoms. The van der Waals surface area contributed by atoms with Crippen LogP contribution in [0.3, 0.4) is 0 Å². The lowest BCUT2D eigenvalue weighted by molar-refractivity contribution is 0.309. The fraction of sp³-hybridized carbons (Fsp3) is 0.429. The zero-order chi connectivity index (χ0) is 19.3. The van der Waals surface area contributed by atoms with Gasteiger partial charge in [0.1, 0.15) is 5.75 Å². The average Bonchev–Trinajstić information content (AvgIpc) is 2.69. The lowest BCUT2D eigenvalue weighted by atomic mass is 10.2. The van der Waals surface area contributed by atoms with Crippen LogP contribution in [0.1, 0.15) is 25.3 Å². The number of benzene rings is 2. The number of anilines is 1. The first kappa shape index (κ1) is 19.7. The molecule has 27 heavy (non-hydrogen) atoms. The SMILES string of the molecule is CCCCOc1ccc(S(=O)(=O)N2CCN(c3cccc(C)c3)CC2)cc1. The van der Waals surface area contributed by atoms with Crippen LogP contribution >= 0.6 is 0 Å². The Morgan fingerprint density at radius 3 is 2.33 bits per heavy atom. The van der Waals surface area contributed by atoms with Crippen molar-refractivity contribution >= 4 is 15.7 Å². The lowest BCUT2D eigenvalue weighted by Gasteiger charge is -2.35. The zero-order valence-electron chi connectivity index (χ0n) is 16.1. The fourth-order valence-electron chi connectivity index (χ4n) is 3.20. The van der Waals surface area contributed by atoms with Crippen molar-refractivity contribution in [3.63, 3.8) is 0 Å². The van der Waals surface area contributed by atoms with Crippen molar-refractivity contribution in [2.45, 2.75) is 31.6 Å². The Balaban J connectivity index is 1.62. The van der Waals surface area contributed by atoms with E-state index in [0.29, 0.717) is 43.4 Å². The van der Waals surface area contributed by atoms with E-state index in [4.69, 9.17) is 4.74 Å². The number of aryl methyl sites for hydroxylation is 1. The summed E-state index contributed by atoms with van der Waals surface area (Å²) < 4.78 is 33.0. The van der Waals surface area contributed by atoms with Crippen molar-refractivity contribution in [2.75, 3.05) is 37.7 Å². The monoisotopic (exact) mass is 388 g/mol. The van der Waals surface area contributed by atoms with E-state index in [1.54, 1.807) is 28.6 Å². The van der Waals surface area contributed by atoms with Gasteiger partial charge >= 0.3 is 0 Å². The number of hydrogen-bond acceptors (Lipinski definition) is 4. The Morgan fingerprint density at radius 1 is 1.00 bits per heavy atom. The van der Waals surface area contributed by atoms with Gasteiger partial charge in [0.2, 0.25) is 10.0 Å². The van der Waals surface area contributed by atoms with E-state index in [-0.39, 0.29) is 0 Å². The normalized spacial score (nSPS) is 15.7. The molecule has 0 saturated carbocycles. The van der Waals surface area contributed by atoms with Crippen molar-refractivity contribution in [1.82, 2.24) is 4.31 Å². The van der Waals surface area contributed by atoms with E-state index in [0.717, 1.165) is 18.5 Å². The predicted octanol–water partition coefficient (Wildman–Crippen LogP) is 3.68. The second-order valence-corrected chi connectivity index (χ2v) is 8.84. The van der Waals surface area contributed by atoms with Gasteiger partial charge in [-0.3, -0.25) is 0 Å². The molecule has 2 aromatic carbocycles. The highest BCUT2D eigenvalue weighted by atomic mass is 32.2. The Bertz CT molecular complexity index is 842. The second kappa shape index (κ2) is 8.76. The Labute approximate surface area is 162 Å². The molecule has 5 nitrogen and oxygen atoms in total. The van der Waals surface area contributed by atoms with Crippen molar-refractivity contribution in [3.05, 3.63) is 54.1 Å². The number of piperazine rings is 1. The van der Waals surface area contributed by atoms with Crippen molar-refractivity contribution < 1.29 is 13.2 Å². The Morgan fingerprint density at radius 2 is 1.70 bits per heavy atom. The van der Waals surface area contributed by atoms with Crippen LogP contribution < -0.4 is 9.64 Å². The highest BCUT2D eigenvalue weighted by Crippen LogP contribution is 2.23. The summed E-state index contributed by atoms with van der Waals surface area (Å²) >= 11 is 0. The maximum atomic E-state index is 12.9. The fourth-order valence-corrected chi connectivity index (χ4v) is 4.62. The van der Waals surface area contributed by atoms with Crippen LogP contribution in [-0.4, -0.2) is 45.5 Å². The molecule has 0 radical (unpaired) electrons. The number of unbranched alkanes of at least 4 members (excludes halogenated alkanes) is 1. The summed E-state index contributed by atoms with van der Waals surface area (Å²) in [6, 6.07) is 15.1. The summed E-state index contributed by atoms with van der Waals surface area (Å²) in [6.45, 7) is 7.21. The first-order valence-electron chi connectivity index (χ1n) is 9.55. The molecule has 146 valence electrons. The molecular formula is C21H28N2O3S.